The van der Waals surface area contributed by atoms with Crippen molar-refractivity contribution >= 4 is 40.5 Å². The Bertz CT molecular complexity index is 1430. The van der Waals surface area contributed by atoms with E-state index in [1.807, 2.05) is 29.2 Å². The summed E-state index contributed by atoms with van der Waals surface area (Å²) in [6.45, 7) is 5.32. The van der Waals surface area contributed by atoms with Gasteiger partial charge in [0.25, 0.3) is 0 Å². The molecule has 0 amide bonds. The van der Waals surface area contributed by atoms with E-state index in [2.05, 4.69) is 109 Å². The minimum absolute atomic E-state index is 0.194. The second kappa shape index (κ2) is 11.7. The van der Waals surface area contributed by atoms with Crippen molar-refractivity contribution in [1.82, 2.24) is 15.1 Å². The fourth-order valence-corrected chi connectivity index (χ4v) is 5.16. The highest BCUT2D eigenvalue weighted by Crippen LogP contribution is 2.28. The summed E-state index contributed by atoms with van der Waals surface area (Å²) in [5, 5.41) is 4.74. The molecule has 4 aromatic carbocycles. The molecule has 0 aliphatic carbocycles. The van der Waals surface area contributed by atoms with Gasteiger partial charge in [-0.2, -0.15) is 0 Å². The molecule has 1 heterocycles. The topological polar surface area (TPSA) is 30.9 Å². The van der Waals surface area contributed by atoms with Crippen LogP contribution in [0.15, 0.2) is 114 Å². The van der Waals surface area contributed by atoms with Crippen molar-refractivity contribution in [1.29, 1.82) is 0 Å². The molecule has 1 saturated heterocycles. The van der Waals surface area contributed by atoms with Gasteiger partial charge in [0.15, 0.2) is 10.2 Å². The number of aliphatic imine (C=N–C) groups is 1. The summed E-state index contributed by atoms with van der Waals surface area (Å²) in [5.41, 5.74) is 6.75. The summed E-state index contributed by atoms with van der Waals surface area (Å²) in [5.74, 6) is 0.733. The molecule has 1 aliphatic heterocycles. The second-order valence-corrected chi connectivity index (χ2v) is 10.2. The molecule has 0 spiro atoms. The van der Waals surface area contributed by atoms with Gasteiger partial charge in [0.1, 0.15) is 12.0 Å². The van der Waals surface area contributed by atoms with Crippen LogP contribution in [0.2, 0.25) is 0 Å². The summed E-state index contributed by atoms with van der Waals surface area (Å²) in [6, 6.07) is 37.5. The van der Waals surface area contributed by atoms with Gasteiger partial charge >= 0.3 is 0 Å². The van der Waals surface area contributed by atoms with E-state index < -0.39 is 0 Å². The van der Waals surface area contributed by atoms with E-state index in [-0.39, 0.29) is 6.17 Å². The van der Waals surface area contributed by atoms with Crippen molar-refractivity contribution in [2.75, 3.05) is 0 Å². The predicted molar refractivity (Wildman–Crippen MR) is 164 cm³/mol. The molecular formula is C32H30N4S2. The summed E-state index contributed by atoms with van der Waals surface area (Å²) in [7, 11) is 0. The first-order chi connectivity index (χ1) is 18.5. The number of amidine groups is 1. The monoisotopic (exact) mass is 534 g/mol. The van der Waals surface area contributed by atoms with Crippen LogP contribution in [0.5, 0.6) is 0 Å². The average molecular weight is 535 g/mol. The Labute approximate surface area is 235 Å². The zero-order valence-corrected chi connectivity index (χ0v) is 23.2. The Hall–Kier alpha value is -3.87. The fraction of sp³-hybridized carbons (Fsp3) is 0.156. The molecule has 4 nitrogen and oxygen atoms in total. The van der Waals surface area contributed by atoms with E-state index in [4.69, 9.17) is 29.4 Å². The molecule has 1 unspecified atom stereocenters. The van der Waals surface area contributed by atoms with E-state index in [0.29, 0.717) is 23.3 Å². The van der Waals surface area contributed by atoms with E-state index in [9.17, 15) is 0 Å². The van der Waals surface area contributed by atoms with Gasteiger partial charge in [-0.1, -0.05) is 120 Å². The minimum atomic E-state index is -0.194. The van der Waals surface area contributed by atoms with Crippen molar-refractivity contribution in [3.05, 3.63) is 143 Å². The number of aryl methyl sites for hydroxylation is 2. The predicted octanol–water partition coefficient (Wildman–Crippen LogP) is 6.93. The van der Waals surface area contributed by atoms with E-state index in [0.717, 1.165) is 22.5 Å². The van der Waals surface area contributed by atoms with Crippen molar-refractivity contribution in [2.24, 2.45) is 4.99 Å². The Kier molecular flexibility index (Phi) is 7.91. The fourth-order valence-electron chi connectivity index (χ4n) is 4.47. The molecule has 5 rings (SSSR count). The molecule has 190 valence electrons. The maximum absolute atomic E-state index is 6.20. The van der Waals surface area contributed by atoms with E-state index in [1.54, 1.807) is 0 Å². The van der Waals surface area contributed by atoms with Crippen LogP contribution in [0.1, 0.15) is 39.5 Å². The van der Waals surface area contributed by atoms with Crippen LogP contribution in [0.3, 0.4) is 0 Å². The number of benzene rings is 4. The number of thiocarbonyl (C=S) groups is 2. The van der Waals surface area contributed by atoms with Gasteiger partial charge in [-0.25, -0.2) is 4.90 Å². The smallest absolute Gasteiger partial charge is 0.186 e. The van der Waals surface area contributed by atoms with Crippen LogP contribution in [0.4, 0.5) is 0 Å². The lowest BCUT2D eigenvalue weighted by Gasteiger charge is -2.45. The highest BCUT2D eigenvalue weighted by atomic mass is 32.1. The van der Waals surface area contributed by atoms with Gasteiger partial charge in [-0.05, 0) is 55.0 Å². The van der Waals surface area contributed by atoms with Gasteiger partial charge in [-0.15, -0.1) is 0 Å². The molecule has 0 radical (unpaired) electrons. The molecule has 1 N–H and O–H groups in total. The third kappa shape index (κ3) is 5.82. The van der Waals surface area contributed by atoms with Crippen molar-refractivity contribution < 1.29 is 0 Å². The third-order valence-corrected chi connectivity index (χ3v) is 7.29. The quantitative estimate of drug-likeness (QED) is 0.165. The molecule has 38 heavy (non-hydrogen) atoms. The lowest BCUT2D eigenvalue weighted by molar-refractivity contribution is 0.259. The molecule has 0 aromatic heterocycles. The average Bonchev–Trinajstić information content (AvgIpc) is 2.94. The number of nitrogens with one attached hydrogen (secondary N) is 1. The Morgan fingerprint density at radius 1 is 0.737 bits per heavy atom. The van der Waals surface area contributed by atoms with Crippen LogP contribution in [-0.4, -0.2) is 25.9 Å². The van der Waals surface area contributed by atoms with Crippen molar-refractivity contribution in [3.63, 3.8) is 0 Å². The van der Waals surface area contributed by atoms with Crippen LogP contribution in [0.25, 0.3) is 0 Å². The first kappa shape index (κ1) is 25.8. The van der Waals surface area contributed by atoms with Gasteiger partial charge in [0.05, 0.1) is 6.54 Å². The summed E-state index contributed by atoms with van der Waals surface area (Å²) in [6.07, 6.45) is -0.194. The summed E-state index contributed by atoms with van der Waals surface area (Å²) in [4.78, 5) is 9.17. The van der Waals surface area contributed by atoms with Crippen molar-refractivity contribution in [2.45, 2.75) is 33.1 Å². The highest BCUT2D eigenvalue weighted by Gasteiger charge is 2.37. The van der Waals surface area contributed by atoms with Crippen LogP contribution in [-0.2, 0) is 13.1 Å². The number of rotatable bonds is 6. The van der Waals surface area contributed by atoms with Crippen LogP contribution < -0.4 is 5.32 Å². The van der Waals surface area contributed by atoms with Gasteiger partial charge in [0.2, 0.25) is 0 Å². The number of nitrogens with zero attached hydrogens (tertiary/aromatic N) is 3. The first-order valence-electron chi connectivity index (χ1n) is 12.7. The molecule has 1 fully saturated rings. The lowest BCUT2D eigenvalue weighted by atomic mass is 10.1. The van der Waals surface area contributed by atoms with Gasteiger partial charge in [0, 0.05) is 12.1 Å². The molecular weight excluding hydrogens is 505 g/mol. The number of hydrogen-bond acceptors (Lipinski definition) is 3. The molecule has 4 aromatic rings. The van der Waals surface area contributed by atoms with E-state index in [1.165, 1.54) is 16.7 Å². The third-order valence-electron chi connectivity index (χ3n) is 6.58. The van der Waals surface area contributed by atoms with Crippen LogP contribution in [0, 0.1) is 13.8 Å². The zero-order chi connectivity index (χ0) is 26.5. The Morgan fingerprint density at radius 2 is 1.29 bits per heavy atom. The summed E-state index contributed by atoms with van der Waals surface area (Å²) >= 11 is 12.2. The Balaban J connectivity index is 1.56. The molecule has 0 bridgehead atoms. The zero-order valence-electron chi connectivity index (χ0n) is 21.5. The van der Waals surface area contributed by atoms with Gasteiger partial charge < -0.3 is 10.2 Å². The minimum Gasteiger partial charge on any atom is -0.338 e. The maximum atomic E-state index is 6.20. The first-order valence-corrected chi connectivity index (χ1v) is 13.5. The standard InChI is InChI=1S/C32H30N4S2/c1-23-13-17-27(18-14-23)29(33-21-25-9-5-3-6-10-25)36-31(37)34-30(28-19-15-24(2)16-20-28)35(32(36)38)22-26-11-7-4-8-12-26/h3-20,30H,21-22H2,1-2H3,(H,34,37). The van der Waals surface area contributed by atoms with Gasteiger partial charge in [-0.3, -0.25) is 4.99 Å². The maximum Gasteiger partial charge on any atom is 0.186 e. The SMILES string of the molecule is Cc1ccc(C(=NCc2ccccc2)N2C(=S)NC(c3ccc(C)cc3)N(Cc3ccccc3)C2=S)cc1. The largest absolute Gasteiger partial charge is 0.338 e. The molecule has 1 aliphatic rings. The normalized spacial score (nSPS) is 15.9. The van der Waals surface area contributed by atoms with Crippen molar-refractivity contribution in [3.8, 4) is 0 Å². The molecule has 6 heteroatoms. The number of hydrogen-bond donors (Lipinski definition) is 1. The highest BCUT2D eigenvalue weighted by molar-refractivity contribution is 7.81. The lowest BCUT2D eigenvalue weighted by Crippen LogP contribution is -2.62. The van der Waals surface area contributed by atoms with Crippen LogP contribution >= 0.6 is 24.4 Å². The molecule has 1 atom stereocenters. The van der Waals surface area contributed by atoms with E-state index >= 15 is 0 Å². The Morgan fingerprint density at radius 3 is 1.89 bits per heavy atom. The summed E-state index contributed by atoms with van der Waals surface area (Å²) < 4.78 is 0. The second-order valence-electron chi connectivity index (χ2n) is 9.49. The molecule has 0 saturated carbocycles.